The molecule has 3 amide bonds. The first-order valence-corrected chi connectivity index (χ1v) is 6.39. The van der Waals surface area contributed by atoms with Gasteiger partial charge in [-0.3, -0.25) is 4.79 Å². The van der Waals surface area contributed by atoms with Gasteiger partial charge in [-0.2, -0.15) is 0 Å². The average Bonchev–Trinajstić information content (AvgIpc) is 2.36. The van der Waals surface area contributed by atoms with Crippen molar-refractivity contribution in [2.24, 2.45) is 11.7 Å². The summed E-state index contributed by atoms with van der Waals surface area (Å²) in [7, 11) is 0. The molecular formula is C14H21N3O2. The molecule has 0 fully saturated rings. The number of urea groups is 1. The van der Waals surface area contributed by atoms with E-state index < -0.39 is 12.1 Å². The molecule has 104 valence electrons. The second-order valence-corrected chi connectivity index (χ2v) is 4.77. The van der Waals surface area contributed by atoms with Crippen molar-refractivity contribution in [1.82, 2.24) is 5.32 Å². The van der Waals surface area contributed by atoms with Gasteiger partial charge in [0.25, 0.3) is 0 Å². The van der Waals surface area contributed by atoms with E-state index in [0.29, 0.717) is 5.69 Å². The van der Waals surface area contributed by atoms with Crippen LogP contribution in [0.2, 0.25) is 0 Å². The standard InChI is InChI=1S/C14H21N3O2/c1-4-10-5-7-11(8-6-10)16-13(18)12(9(2)3)17-14(15)19/h5-9,12H,4H2,1-3H3,(H,16,18)(H3,15,17,19)/t12-/m0/s1. The number of nitrogens with two attached hydrogens (primary N) is 1. The summed E-state index contributed by atoms with van der Waals surface area (Å²) >= 11 is 0. The zero-order valence-electron chi connectivity index (χ0n) is 11.6. The van der Waals surface area contributed by atoms with Crippen molar-refractivity contribution in [3.05, 3.63) is 29.8 Å². The van der Waals surface area contributed by atoms with Crippen LogP contribution in [-0.2, 0) is 11.2 Å². The Morgan fingerprint density at radius 2 is 1.79 bits per heavy atom. The fourth-order valence-electron chi connectivity index (χ4n) is 1.73. The van der Waals surface area contributed by atoms with Crippen LogP contribution in [0, 0.1) is 5.92 Å². The molecule has 4 N–H and O–H groups in total. The predicted molar refractivity (Wildman–Crippen MR) is 75.8 cm³/mol. The molecule has 5 heteroatoms. The number of anilines is 1. The second-order valence-electron chi connectivity index (χ2n) is 4.77. The molecule has 1 aromatic carbocycles. The number of aryl methyl sites for hydroxylation is 1. The summed E-state index contributed by atoms with van der Waals surface area (Å²) in [5, 5.41) is 5.22. The number of amides is 3. The monoisotopic (exact) mass is 263 g/mol. The number of rotatable bonds is 5. The quantitative estimate of drug-likeness (QED) is 0.757. The number of carbonyl (C=O) groups excluding carboxylic acids is 2. The highest BCUT2D eigenvalue weighted by molar-refractivity contribution is 5.97. The molecule has 0 aromatic heterocycles. The maximum Gasteiger partial charge on any atom is 0.312 e. The molecule has 0 aliphatic carbocycles. The summed E-state index contributed by atoms with van der Waals surface area (Å²) in [5.74, 6) is -0.305. The van der Waals surface area contributed by atoms with E-state index in [-0.39, 0.29) is 11.8 Å². The molecule has 0 spiro atoms. The van der Waals surface area contributed by atoms with E-state index in [9.17, 15) is 9.59 Å². The minimum absolute atomic E-state index is 0.0394. The number of carbonyl (C=O) groups is 2. The normalized spacial score (nSPS) is 12.0. The fourth-order valence-corrected chi connectivity index (χ4v) is 1.73. The van der Waals surface area contributed by atoms with E-state index in [4.69, 9.17) is 5.73 Å². The lowest BCUT2D eigenvalue weighted by molar-refractivity contribution is -0.118. The smallest absolute Gasteiger partial charge is 0.312 e. The molecule has 0 saturated heterocycles. The van der Waals surface area contributed by atoms with E-state index in [1.165, 1.54) is 5.56 Å². The molecule has 0 bridgehead atoms. The Hall–Kier alpha value is -2.04. The molecule has 5 nitrogen and oxygen atoms in total. The van der Waals surface area contributed by atoms with Crippen molar-refractivity contribution in [3.8, 4) is 0 Å². The fraction of sp³-hybridized carbons (Fsp3) is 0.429. The van der Waals surface area contributed by atoms with Crippen LogP contribution in [0.4, 0.5) is 10.5 Å². The van der Waals surface area contributed by atoms with Crippen LogP contribution in [-0.4, -0.2) is 18.0 Å². The van der Waals surface area contributed by atoms with Crippen molar-refractivity contribution >= 4 is 17.6 Å². The number of nitrogens with one attached hydrogen (secondary N) is 2. The zero-order valence-corrected chi connectivity index (χ0v) is 11.6. The molecule has 0 aliphatic heterocycles. The number of primary amides is 1. The minimum atomic E-state index is -0.699. The number of hydrogen-bond donors (Lipinski definition) is 3. The van der Waals surface area contributed by atoms with E-state index in [1.807, 2.05) is 38.1 Å². The third kappa shape index (κ3) is 4.62. The van der Waals surface area contributed by atoms with E-state index in [0.717, 1.165) is 6.42 Å². The average molecular weight is 263 g/mol. The van der Waals surface area contributed by atoms with Gasteiger partial charge in [0, 0.05) is 5.69 Å². The van der Waals surface area contributed by atoms with Gasteiger partial charge in [-0.1, -0.05) is 32.9 Å². The molecule has 0 aliphatic rings. The first-order valence-electron chi connectivity index (χ1n) is 6.39. The van der Waals surface area contributed by atoms with Crippen LogP contribution in [0.1, 0.15) is 26.3 Å². The molecule has 0 heterocycles. The van der Waals surface area contributed by atoms with Crippen molar-refractivity contribution in [3.63, 3.8) is 0 Å². The molecule has 1 rings (SSSR count). The van der Waals surface area contributed by atoms with Crippen molar-refractivity contribution in [2.75, 3.05) is 5.32 Å². The topological polar surface area (TPSA) is 84.2 Å². The SMILES string of the molecule is CCc1ccc(NC(=O)[C@@H](NC(N)=O)C(C)C)cc1. The largest absolute Gasteiger partial charge is 0.352 e. The first kappa shape index (κ1) is 15.0. The third-order valence-corrected chi connectivity index (χ3v) is 2.88. The van der Waals surface area contributed by atoms with Crippen LogP contribution in [0.25, 0.3) is 0 Å². The Morgan fingerprint density at radius 3 is 2.21 bits per heavy atom. The van der Waals surface area contributed by atoms with Gasteiger partial charge >= 0.3 is 6.03 Å². The number of hydrogen-bond acceptors (Lipinski definition) is 2. The summed E-state index contributed by atoms with van der Waals surface area (Å²) in [6, 6.07) is 6.28. The van der Waals surface area contributed by atoms with Gasteiger partial charge in [0.2, 0.25) is 5.91 Å². The van der Waals surface area contributed by atoms with Gasteiger partial charge in [0.1, 0.15) is 6.04 Å². The van der Waals surface area contributed by atoms with E-state index >= 15 is 0 Å². The van der Waals surface area contributed by atoms with Gasteiger partial charge in [-0.05, 0) is 30.0 Å². The Morgan fingerprint density at radius 1 is 1.21 bits per heavy atom. The Kier molecular flexibility index (Phi) is 5.36. The Balaban J connectivity index is 2.72. The van der Waals surface area contributed by atoms with Crippen LogP contribution in [0.3, 0.4) is 0 Å². The highest BCUT2D eigenvalue weighted by Crippen LogP contribution is 2.12. The predicted octanol–water partition coefficient (Wildman–Crippen LogP) is 1.88. The minimum Gasteiger partial charge on any atom is -0.352 e. The lowest BCUT2D eigenvalue weighted by atomic mass is 10.0. The van der Waals surface area contributed by atoms with Crippen molar-refractivity contribution in [1.29, 1.82) is 0 Å². The molecule has 1 atom stereocenters. The van der Waals surface area contributed by atoms with Crippen molar-refractivity contribution < 1.29 is 9.59 Å². The highest BCUT2D eigenvalue weighted by atomic mass is 16.2. The summed E-state index contributed by atoms with van der Waals surface area (Å²) in [4.78, 5) is 22.9. The van der Waals surface area contributed by atoms with E-state index in [2.05, 4.69) is 17.6 Å². The summed E-state index contributed by atoms with van der Waals surface area (Å²) in [6.45, 7) is 5.76. The molecular weight excluding hydrogens is 242 g/mol. The van der Waals surface area contributed by atoms with Crippen LogP contribution < -0.4 is 16.4 Å². The van der Waals surface area contributed by atoms with E-state index in [1.54, 1.807) is 0 Å². The molecule has 0 unspecified atom stereocenters. The van der Waals surface area contributed by atoms with Gasteiger partial charge in [-0.15, -0.1) is 0 Å². The van der Waals surface area contributed by atoms with Crippen LogP contribution in [0.5, 0.6) is 0 Å². The number of benzene rings is 1. The van der Waals surface area contributed by atoms with Gasteiger partial charge in [-0.25, -0.2) is 4.79 Å². The zero-order chi connectivity index (χ0) is 14.4. The molecule has 0 saturated carbocycles. The summed E-state index contributed by atoms with van der Waals surface area (Å²) in [6.07, 6.45) is 0.950. The van der Waals surface area contributed by atoms with Crippen LogP contribution in [0.15, 0.2) is 24.3 Å². The maximum atomic E-state index is 12.1. The molecule has 0 radical (unpaired) electrons. The lowest BCUT2D eigenvalue weighted by Gasteiger charge is -2.20. The second kappa shape index (κ2) is 6.78. The van der Waals surface area contributed by atoms with Gasteiger partial charge in [0.15, 0.2) is 0 Å². The summed E-state index contributed by atoms with van der Waals surface area (Å²) < 4.78 is 0. The Bertz CT molecular complexity index is 441. The van der Waals surface area contributed by atoms with Gasteiger partial charge in [0.05, 0.1) is 0 Å². The summed E-state index contributed by atoms with van der Waals surface area (Å²) in [5.41, 5.74) is 6.98. The first-order chi connectivity index (χ1) is 8.93. The molecule has 1 aromatic rings. The van der Waals surface area contributed by atoms with Gasteiger partial charge < -0.3 is 16.4 Å². The van der Waals surface area contributed by atoms with Crippen molar-refractivity contribution in [2.45, 2.75) is 33.2 Å². The maximum absolute atomic E-state index is 12.1. The lowest BCUT2D eigenvalue weighted by Crippen LogP contribution is -2.49. The molecule has 19 heavy (non-hydrogen) atoms. The third-order valence-electron chi connectivity index (χ3n) is 2.88. The Labute approximate surface area is 113 Å². The highest BCUT2D eigenvalue weighted by Gasteiger charge is 2.23. The van der Waals surface area contributed by atoms with Crippen LogP contribution >= 0.6 is 0 Å².